The average Bonchev–Trinajstić information content (AvgIpc) is 2.41. The van der Waals surface area contributed by atoms with Crippen LogP contribution >= 0.6 is 0 Å². The summed E-state index contributed by atoms with van der Waals surface area (Å²) in [6.07, 6.45) is 16.2. The largest absolute Gasteiger partial charge is 0.396 e. The van der Waals surface area contributed by atoms with Gasteiger partial charge in [-0.25, -0.2) is 0 Å². The minimum atomic E-state index is -4.67. The lowest BCUT2D eigenvalue weighted by molar-refractivity contribution is 0.282. The van der Waals surface area contributed by atoms with E-state index in [1.807, 2.05) is 0 Å². The first-order valence-corrected chi connectivity index (χ1v) is 10.0. The van der Waals surface area contributed by atoms with Gasteiger partial charge in [-0.3, -0.25) is 9.11 Å². The summed E-state index contributed by atoms with van der Waals surface area (Å²) in [6, 6.07) is 0. The van der Waals surface area contributed by atoms with E-state index in [1.54, 1.807) is 0 Å². The van der Waals surface area contributed by atoms with Gasteiger partial charge in [-0.2, -0.15) is 8.42 Å². The second kappa shape index (κ2) is 17.2. The maximum Gasteiger partial charge on any atom is 0.394 e. The number of rotatable bonds is 13. The quantitative estimate of drug-likeness (QED) is 0.335. The van der Waals surface area contributed by atoms with Gasteiger partial charge in [0.1, 0.15) is 0 Å². The van der Waals surface area contributed by atoms with Crippen LogP contribution in [0.4, 0.5) is 0 Å². The molecule has 0 saturated heterocycles. The van der Waals surface area contributed by atoms with Gasteiger partial charge in [-0.15, -0.1) is 0 Å². The van der Waals surface area contributed by atoms with Crippen molar-refractivity contribution >= 4 is 10.4 Å². The predicted octanol–water partition coefficient (Wildman–Crippen LogP) is 4.66. The molecule has 0 aliphatic carbocycles. The maximum absolute atomic E-state index is 8.74. The lowest BCUT2D eigenvalue weighted by atomic mass is 9.97. The molecule has 0 radical (unpaired) electrons. The Balaban J connectivity index is 0. The Kier molecular flexibility index (Phi) is 18.8. The van der Waals surface area contributed by atoms with Crippen LogP contribution in [0.2, 0.25) is 0 Å². The van der Waals surface area contributed by atoms with Crippen molar-refractivity contribution in [2.45, 2.75) is 90.9 Å². The molecule has 0 aliphatic heterocycles. The molecule has 0 aromatic rings. The summed E-state index contributed by atoms with van der Waals surface area (Å²) in [5, 5.41) is 8.65. The standard InChI is InChI=1S/C16H34O.H2O4S/c1-3-4-13-16(2)14-11-9-7-5-6-8-10-12-15-17;1-5(2,3)4/h16-17H,3-15H2,1-2H3;(H2,1,2,3,4). The van der Waals surface area contributed by atoms with Crippen LogP contribution in [0.5, 0.6) is 0 Å². The molecule has 1 atom stereocenters. The fraction of sp³-hybridized carbons (Fsp3) is 1.00. The van der Waals surface area contributed by atoms with Gasteiger partial charge in [-0.1, -0.05) is 84.5 Å². The molecule has 0 bridgehead atoms. The zero-order valence-corrected chi connectivity index (χ0v) is 15.2. The second-order valence-corrected chi connectivity index (χ2v) is 6.93. The van der Waals surface area contributed by atoms with Crippen molar-refractivity contribution in [1.29, 1.82) is 0 Å². The fourth-order valence-electron chi connectivity index (χ4n) is 2.36. The Morgan fingerprint density at radius 3 is 1.55 bits per heavy atom. The predicted molar refractivity (Wildman–Crippen MR) is 91.5 cm³/mol. The van der Waals surface area contributed by atoms with Crippen LogP contribution < -0.4 is 0 Å². The highest BCUT2D eigenvalue weighted by Gasteiger charge is 2.00. The number of hydrogen-bond acceptors (Lipinski definition) is 3. The van der Waals surface area contributed by atoms with E-state index in [9.17, 15) is 0 Å². The van der Waals surface area contributed by atoms with Crippen molar-refractivity contribution in [2.75, 3.05) is 6.61 Å². The van der Waals surface area contributed by atoms with Crippen molar-refractivity contribution in [1.82, 2.24) is 0 Å². The molecular formula is C16H36O5S. The Hall–Kier alpha value is -0.170. The van der Waals surface area contributed by atoms with Gasteiger partial charge in [-0.05, 0) is 12.3 Å². The monoisotopic (exact) mass is 340 g/mol. The van der Waals surface area contributed by atoms with Crippen LogP contribution in [0, 0.1) is 5.92 Å². The van der Waals surface area contributed by atoms with Crippen LogP contribution in [0.3, 0.4) is 0 Å². The van der Waals surface area contributed by atoms with Crippen molar-refractivity contribution in [3.63, 3.8) is 0 Å². The molecule has 0 fully saturated rings. The fourth-order valence-corrected chi connectivity index (χ4v) is 2.36. The Bertz CT molecular complexity index is 296. The van der Waals surface area contributed by atoms with E-state index in [4.69, 9.17) is 22.6 Å². The van der Waals surface area contributed by atoms with E-state index in [1.165, 1.54) is 70.6 Å². The Labute approximate surface area is 137 Å². The lowest BCUT2D eigenvalue weighted by Gasteiger charge is -2.10. The van der Waals surface area contributed by atoms with Crippen LogP contribution in [0.1, 0.15) is 90.9 Å². The molecule has 22 heavy (non-hydrogen) atoms. The van der Waals surface area contributed by atoms with Crippen LogP contribution in [0.25, 0.3) is 0 Å². The van der Waals surface area contributed by atoms with Gasteiger partial charge in [0.05, 0.1) is 0 Å². The van der Waals surface area contributed by atoms with E-state index in [2.05, 4.69) is 13.8 Å². The first kappa shape index (κ1) is 24.1. The van der Waals surface area contributed by atoms with Gasteiger partial charge in [0, 0.05) is 6.61 Å². The van der Waals surface area contributed by atoms with Crippen molar-refractivity contribution < 1.29 is 22.6 Å². The van der Waals surface area contributed by atoms with Gasteiger partial charge < -0.3 is 5.11 Å². The summed E-state index contributed by atoms with van der Waals surface area (Å²) in [4.78, 5) is 0. The molecule has 6 heteroatoms. The third-order valence-electron chi connectivity index (χ3n) is 3.66. The van der Waals surface area contributed by atoms with E-state index in [-0.39, 0.29) is 0 Å². The summed E-state index contributed by atoms with van der Waals surface area (Å²) in [5.41, 5.74) is 0. The highest BCUT2D eigenvalue weighted by Crippen LogP contribution is 2.17. The molecular weight excluding hydrogens is 304 g/mol. The highest BCUT2D eigenvalue weighted by atomic mass is 32.3. The summed E-state index contributed by atoms with van der Waals surface area (Å²) in [5.74, 6) is 0.944. The van der Waals surface area contributed by atoms with Crippen LogP contribution in [-0.2, 0) is 10.4 Å². The van der Waals surface area contributed by atoms with E-state index in [0.717, 1.165) is 12.3 Å². The molecule has 0 aromatic heterocycles. The third-order valence-corrected chi connectivity index (χ3v) is 3.66. The number of aliphatic hydroxyl groups is 1. The second-order valence-electron chi connectivity index (χ2n) is 6.04. The minimum absolute atomic E-state index is 0.371. The highest BCUT2D eigenvalue weighted by molar-refractivity contribution is 7.79. The topological polar surface area (TPSA) is 94.8 Å². The molecule has 5 nitrogen and oxygen atoms in total. The molecule has 0 saturated carbocycles. The first-order valence-electron chi connectivity index (χ1n) is 8.62. The maximum atomic E-state index is 8.74. The molecule has 3 N–H and O–H groups in total. The minimum Gasteiger partial charge on any atom is -0.396 e. The van der Waals surface area contributed by atoms with Crippen LogP contribution in [0.15, 0.2) is 0 Å². The molecule has 0 aromatic carbocycles. The van der Waals surface area contributed by atoms with Gasteiger partial charge in [0.2, 0.25) is 0 Å². The number of hydrogen-bond donors (Lipinski definition) is 3. The molecule has 136 valence electrons. The molecule has 0 spiro atoms. The van der Waals surface area contributed by atoms with Crippen molar-refractivity contribution in [3.05, 3.63) is 0 Å². The zero-order chi connectivity index (χ0) is 17.3. The van der Waals surface area contributed by atoms with Gasteiger partial charge in [0.15, 0.2) is 0 Å². The smallest absolute Gasteiger partial charge is 0.394 e. The SMILES string of the molecule is CCCCC(C)CCCCCCCCCCO.O=S(=O)(O)O. The summed E-state index contributed by atoms with van der Waals surface area (Å²) >= 11 is 0. The van der Waals surface area contributed by atoms with E-state index >= 15 is 0 Å². The number of aliphatic hydroxyl groups excluding tert-OH is 1. The van der Waals surface area contributed by atoms with Crippen molar-refractivity contribution in [2.24, 2.45) is 5.92 Å². The van der Waals surface area contributed by atoms with Gasteiger partial charge >= 0.3 is 10.4 Å². The first-order chi connectivity index (χ1) is 10.3. The molecule has 0 heterocycles. The molecule has 0 aliphatic rings. The normalized spacial score (nSPS) is 12.6. The summed E-state index contributed by atoms with van der Waals surface area (Å²) < 4.78 is 31.6. The average molecular weight is 341 g/mol. The Morgan fingerprint density at radius 1 is 0.773 bits per heavy atom. The van der Waals surface area contributed by atoms with Crippen LogP contribution in [-0.4, -0.2) is 29.2 Å². The third kappa shape index (κ3) is 32.0. The lowest BCUT2D eigenvalue weighted by Crippen LogP contribution is -1.94. The Morgan fingerprint density at radius 2 is 1.14 bits per heavy atom. The van der Waals surface area contributed by atoms with Gasteiger partial charge in [0.25, 0.3) is 0 Å². The zero-order valence-electron chi connectivity index (χ0n) is 14.3. The number of unbranched alkanes of at least 4 members (excludes halogenated alkanes) is 8. The summed E-state index contributed by atoms with van der Waals surface area (Å²) in [6.45, 7) is 5.06. The summed E-state index contributed by atoms with van der Waals surface area (Å²) in [7, 11) is -4.67. The molecule has 1 unspecified atom stereocenters. The van der Waals surface area contributed by atoms with Crippen molar-refractivity contribution in [3.8, 4) is 0 Å². The molecule has 0 rings (SSSR count). The van der Waals surface area contributed by atoms with E-state index < -0.39 is 10.4 Å². The molecule has 0 amide bonds. The van der Waals surface area contributed by atoms with E-state index in [0.29, 0.717) is 6.61 Å².